The smallest absolute Gasteiger partial charge is 0.110 e. The molecule has 3 nitrogen and oxygen atoms in total. The molecule has 96 valence electrons. The first-order valence-electron chi connectivity index (χ1n) is 7.05. The Labute approximate surface area is 104 Å². The van der Waals surface area contributed by atoms with Crippen LogP contribution in [0.2, 0.25) is 0 Å². The van der Waals surface area contributed by atoms with Crippen LogP contribution in [0.15, 0.2) is 12.4 Å². The van der Waals surface area contributed by atoms with Crippen molar-refractivity contribution in [1.82, 2.24) is 9.55 Å². The highest BCUT2D eigenvalue weighted by atomic mass is 15.1. The second-order valence-corrected chi connectivity index (χ2v) is 5.39. The Morgan fingerprint density at radius 2 is 2.24 bits per heavy atom. The largest absolute Gasteiger partial charge is 0.335 e. The maximum atomic E-state index is 6.26. The molecule has 0 aromatic carbocycles. The van der Waals surface area contributed by atoms with Gasteiger partial charge < -0.3 is 10.3 Å². The van der Waals surface area contributed by atoms with Crippen molar-refractivity contribution < 1.29 is 0 Å². The van der Waals surface area contributed by atoms with Crippen molar-refractivity contribution in [3.63, 3.8) is 0 Å². The normalized spacial score (nSPS) is 18.7. The second kappa shape index (κ2) is 6.20. The number of aromatic nitrogens is 2. The summed E-state index contributed by atoms with van der Waals surface area (Å²) in [5, 5.41) is 0. The average Bonchev–Trinajstić information content (AvgIpc) is 2.92. The molecular formula is C14H25N3. The predicted octanol–water partition coefficient (Wildman–Crippen LogP) is 2.74. The Morgan fingerprint density at radius 1 is 1.47 bits per heavy atom. The summed E-state index contributed by atoms with van der Waals surface area (Å²) in [6, 6.07) is 0.288. The van der Waals surface area contributed by atoms with Crippen molar-refractivity contribution in [3.8, 4) is 0 Å². The fourth-order valence-corrected chi connectivity index (χ4v) is 2.97. The first-order valence-corrected chi connectivity index (χ1v) is 7.05. The molecule has 3 heteroatoms. The first kappa shape index (κ1) is 12.6. The molecule has 17 heavy (non-hydrogen) atoms. The van der Waals surface area contributed by atoms with E-state index >= 15 is 0 Å². The quantitative estimate of drug-likeness (QED) is 0.824. The van der Waals surface area contributed by atoms with Gasteiger partial charge in [-0.1, -0.05) is 32.6 Å². The summed E-state index contributed by atoms with van der Waals surface area (Å²) < 4.78 is 2.24. The van der Waals surface area contributed by atoms with Crippen molar-refractivity contribution >= 4 is 0 Å². The number of nitrogens with two attached hydrogens (primary N) is 1. The van der Waals surface area contributed by atoms with Gasteiger partial charge in [0.25, 0.3) is 0 Å². The van der Waals surface area contributed by atoms with Gasteiger partial charge in [-0.2, -0.15) is 0 Å². The van der Waals surface area contributed by atoms with E-state index in [9.17, 15) is 0 Å². The molecule has 1 aromatic rings. The molecule has 0 saturated heterocycles. The average molecular weight is 235 g/mol. The molecule has 2 rings (SSSR count). The molecule has 0 aliphatic heterocycles. The van der Waals surface area contributed by atoms with E-state index < -0.39 is 0 Å². The van der Waals surface area contributed by atoms with Gasteiger partial charge in [0.2, 0.25) is 0 Å². The van der Waals surface area contributed by atoms with Gasteiger partial charge >= 0.3 is 0 Å². The summed E-state index contributed by atoms with van der Waals surface area (Å²) in [5.41, 5.74) is 6.26. The van der Waals surface area contributed by atoms with E-state index in [1.165, 1.54) is 32.1 Å². The topological polar surface area (TPSA) is 43.8 Å². The maximum Gasteiger partial charge on any atom is 0.110 e. The lowest BCUT2D eigenvalue weighted by Crippen LogP contribution is -2.27. The molecule has 0 bridgehead atoms. The molecular weight excluding hydrogens is 210 g/mol. The van der Waals surface area contributed by atoms with Gasteiger partial charge in [0, 0.05) is 31.4 Å². The van der Waals surface area contributed by atoms with Crippen LogP contribution in [0.5, 0.6) is 0 Å². The van der Waals surface area contributed by atoms with Crippen molar-refractivity contribution in [2.24, 2.45) is 11.7 Å². The number of nitrogens with zero attached hydrogens (tertiary/aromatic N) is 2. The fourth-order valence-electron chi connectivity index (χ4n) is 2.97. The van der Waals surface area contributed by atoms with Crippen LogP contribution >= 0.6 is 0 Å². The minimum absolute atomic E-state index is 0.288. The standard InChI is InChI=1S/C14H25N3/c1-2-8-17-9-7-16-14(17)11-13(15)10-12-5-3-4-6-12/h7,9,12-13H,2-6,8,10-11,15H2,1H3. The summed E-state index contributed by atoms with van der Waals surface area (Å²) in [6.07, 6.45) is 12.8. The van der Waals surface area contributed by atoms with Crippen LogP contribution in [0.4, 0.5) is 0 Å². The van der Waals surface area contributed by atoms with E-state index in [1.807, 2.05) is 6.20 Å². The molecule has 1 aliphatic rings. The number of hydrogen-bond donors (Lipinski definition) is 1. The molecule has 1 aromatic heterocycles. The number of hydrogen-bond acceptors (Lipinski definition) is 2. The molecule has 1 heterocycles. The van der Waals surface area contributed by atoms with Gasteiger partial charge in [-0.25, -0.2) is 4.98 Å². The Hall–Kier alpha value is -0.830. The van der Waals surface area contributed by atoms with Crippen LogP contribution in [0.25, 0.3) is 0 Å². The maximum absolute atomic E-state index is 6.26. The second-order valence-electron chi connectivity index (χ2n) is 5.39. The zero-order valence-corrected chi connectivity index (χ0v) is 10.9. The molecule has 0 amide bonds. The third-order valence-electron chi connectivity index (χ3n) is 3.82. The van der Waals surface area contributed by atoms with E-state index in [-0.39, 0.29) is 6.04 Å². The molecule has 1 aliphatic carbocycles. The lowest BCUT2D eigenvalue weighted by molar-refractivity contribution is 0.431. The minimum atomic E-state index is 0.288. The van der Waals surface area contributed by atoms with Crippen LogP contribution in [0, 0.1) is 5.92 Å². The Kier molecular flexibility index (Phi) is 4.60. The number of rotatable bonds is 6. The summed E-state index contributed by atoms with van der Waals surface area (Å²) >= 11 is 0. The number of imidazole rings is 1. The third-order valence-corrected chi connectivity index (χ3v) is 3.82. The molecule has 1 saturated carbocycles. The molecule has 1 fully saturated rings. The molecule has 1 unspecified atom stereocenters. The zero-order valence-electron chi connectivity index (χ0n) is 10.9. The van der Waals surface area contributed by atoms with Gasteiger partial charge in [-0.3, -0.25) is 0 Å². The Bertz CT molecular complexity index is 326. The van der Waals surface area contributed by atoms with E-state index in [0.717, 1.165) is 31.1 Å². The van der Waals surface area contributed by atoms with Gasteiger partial charge in [0.15, 0.2) is 0 Å². The molecule has 0 radical (unpaired) electrons. The van der Waals surface area contributed by atoms with E-state index in [0.29, 0.717) is 0 Å². The van der Waals surface area contributed by atoms with Crippen LogP contribution in [0.3, 0.4) is 0 Å². The van der Waals surface area contributed by atoms with Crippen molar-refractivity contribution in [1.29, 1.82) is 0 Å². The monoisotopic (exact) mass is 235 g/mol. The van der Waals surface area contributed by atoms with Crippen LogP contribution in [0.1, 0.15) is 51.3 Å². The van der Waals surface area contributed by atoms with Crippen LogP contribution < -0.4 is 5.73 Å². The van der Waals surface area contributed by atoms with Gasteiger partial charge in [-0.15, -0.1) is 0 Å². The van der Waals surface area contributed by atoms with E-state index in [4.69, 9.17) is 5.73 Å². The zero-order chi connectivity index (χ0) is 12.1. The molecule has 2 N–H and O–H groups in total. The van der Waals surface area contributed by atoms with E-state index in [1.54, 1.807) is 0 Å². The van der Waals surface area contributed by atoms with E-state index in [2.05, 4.69) is 22.7 Å². The highest BCUT2D eigenvalue weighted by Crippen LogP contribution is 2.28. The Morgan fingerprint density at radius 3 is 2.94 bits per heavy atom. The lowest BCUT2D eigenvalue weighted by atomic mass is 9.97. The van der Waals surface area contributed by atoms with Crippen molar-refractivity contribution in [3.05, 3.63) is 18.2 Å². The minimum Gasteiger partial charge on any atom is -0.335 e. The summed E-state index contributed by atoms with van der Waals surface area (Å²) in [4.78, 5) is 4.43. The number of aryl methyl sites for hydroxylation is 1. The lowest BCUT2D eigenvalue weighted by Gasteiger charge is -2.16. The Balaban J connectivity index is 1.83. The first-order chi connectivity index (χ1) is 8.29. The van der Waals surface area contributed by atoms with Crippen LogP contribution in [-0.4, -0.2) is 15.6 Å². The summed E-state index contributed by atoms with van der Waals surface area (Å²) in [7, 11) is 0. The van der Waals surface area contributed by atoms with Crippen molar-refractivity contribution in [2.75, 3.05) is 0 Å². The summed E-state index contributed by atoms with van der Waals surface area (Å²) in [5.74, 6) is 2.04. The van der Waals surface area contributed by atoms with Gasteiger partial charge in [-0.05, 0) is 18.8 Å². The van der Waals surface area contributed by atoms with Crippen molar-refractivity contribution in [2.45, 2.75) is 64.5 Å². The molecule has 1 atom stereocenters. The highest BCUT2D eigenvalue weighted by Gasteiger charge is 2.19. The SMILES string of the molecule is CCCn1ccnc1CC(N)CC1CCCC1. The predicted molar refractivity (Wildman–Crippen MR) is 70.8 cm³/mol. The summed E-state index contributed by atoms with van der Waals surface area (Å²) in [6.45, 7) is 3.26. The third kappa shape index (κ3) is 3.56. The van der Waals surface area contributed by atoms with Crippen LogP contribution in [-0.2, 0) is 13.0 Å². The van der Waals surface area contributed by atoms with Gasteiger partial charge in [0.1, 0.15) is 5.82 Å². The molecule has 0 spiro atoms. The fraction of sp³-hybridized carbons (Fsp3) is 0.786. The highest BCUT2D eigenvalue weighted by molar-refractivity contribution is 4.95. The van der Waals surface area contributed by atoms with Gasteiger partial charge in [0.05, 0.1) is 0 Å².